The van der Waals surface area contributed by atoms with Crippen molar-refractivity contribution in [3.63, 3.8) is 0 Å². The quantitative estimate of drug-likeness (QED) is 0.644. The molecule has 5 nitrogen and oxygen atoms in total. The fourth-order valence-corrected chi connectivity index (χ4v) is 1.75. The van der Waals surface area contributed by atoms with E-state index in [1.54, 1.807) is 4.68 Å². The summed E-state index contributed by atoms with van der Waals surface area (Å²) >= 11 is 1.89. The second-order valence-electron chi connectivity index (χ2n) is 4.06. The van der Waals surface area contributed by atoms with Crippen LogP contribution in [0.25, 0.3) is 0 Å². The van der Waals surface area contributed by atoms with E-state index in [4.69, 9.17) is 5.11 Å². The molecule has 0 fully saturated rings. The van der Waals surface area contributed by atoms with Gasteiger partial charge in [-0.15, -0.1) is 5.10 Å². The molecule has 0 amide bonds. The van der Waals surface area contributed by atoms with Crippen molar-refractivity contribution in [2.24, 2.45) is 0 Å². The highest BCUT2D eigenvalue weighted by atomic mass is 32.2. The topological polar surface area (TPSA) is 63.0 Å². The van der Waals surface area contributed by atoms with Crippen molar-refractivity contribution in [1.29, 1.82) is 0 Å². The first-order valence-corrected chi connectivity index (χ1v) is 7.28. The molecule has 2 N–H and O–H groups in total. The predicted molar refractivity (Wildman–Crippen MR) is 71.0 cm³/mol. The molecule has 0 saturated carbocycles. The molecule has 1 aromatic heterocycles. The number of hydrogen-bond donors (Lipinski definition) is 2. The van der Waals surface area contributed by atoms with Crippen LogP contribution in [0.5, 0.6) is 0 Å². The monoisotopic (exact) mass is 258 g/mol. The summed E-state index contributed by atoms with van der Waals surface area (Å²) in [5, 5.41) is 20.8. The van der Waals surface area contributed by atoms with Crippen LogP contribution in [-0.4, -0.2) is 44.8 Å². The number of nitrogens with zero attached hydrogens (tertiary/aromatic N) is 3. The van der Waals surface area contributed by atoms with Crippen LogP contribution in [0.3, 0.4) is 0 Å². The molecule has 98 valence electrons. The van der Waals surface area contributed by atoms with Gasteiger partial charge in [0.2, 0.25) is 0 Å². The number of hydrogen-bond acceptors (Lipinski definition) is 5. The molecule has 0 aliphatic carbocycles. The first kappa shape index (κ1) is 14.5. The minimum Gasteiger partial charge on any atom is -0.396 e. The summed E-state index contributed by atoms with van der Waals surface area (Å²) in [5.74, 6) is 0. The van der Waals surface area contributed by atoms with E-state index in [1.807, 2.05) is 18.0 Å². The largest absolute Gasteiger partial charge is 0.396 e. The molecule has 0 aromatic carbocycles. The molecule has 0 radical (unpaired) electrons. The highest BCUT2D eigenvalue weighted by Gasteiger charge is 2.01. The van der Waals surface area contributed by atoms with Crippen molar-refractivity contribution in [2.75, 3.05) is 19.4 Å². The lowest BCUT2D eigenvalue weighted by Crippen LogP contribution is -2.17. The minimum atomic E-state index is 0.194. The van der Waals surface area contributed by atoms with Gasteiger partial charge in [0.1, 0.15) is 0 Å². The molecule has 1 unspecified atom stereocenters. The number of aliphatic hydroxyl groups is 1. The Morgan fingerprint density at radius 3 is 3.12 bits per heavy atom. The van der Waals surface area contributed by atoms with Crippen molar-refractivity contribution in [3.05, 3.63) is 11.9 Å². The van der Waals surface area contributed by atoms with Gasteiger partial charge in [0.05, 0.1) is 5.69 Å². The van der Waals surface area contributed by atoms with Gasteiger partial charge >= 0.3 is 0 Å². The highest BCUT2D eigenvalue weighted by molar-refractivity contribution is 7.99. The number of aromatic nitrogens is 3. The smallest absolute Gasteiger partial charge is 0.0964 e. The molecule has 17 heavy (non-hydrogen) atoms. The number of thioether (sulfide) groups is 1. The zero-order chi connectivity index (χ0) is 12.5. The maximum atomic E-state index is 8.71. The third kappa shape index (κ3) is 6.05. The van der Waals surface area contributed by atoms with Crippen LogP contribution >= 0.6 is 11.8 Å². The maximum Gasteiger partial charge on any atom is 0.0964 e. The molecule has 0 saturated heterocycles. The fourth-order valence-electron chi connectivity index (χ4n) is 1.40. The lowest BCUT2D eigenvalue weighted by molar-refractivity contribution is 0.276. The van der Waals surface area contributed by atoms with Crippen LogP contribution in [-0.2, 0) is 13.1 Å². The van der Waals surface area contributed by atoms with E-state index < -0.39 is 0 Å². The van der Waals surface area contributed by atoms with Gasteiger partial charge in [-0.2, -0.15) is 11.8 Å². The van der Waals surface area contributed by atoms with Gasteiger partial charge in [0.25, 0.3) is 0 Å². The van der Waals surface area contributed by atoms with E-state index in [0.29, 0.717) is 5.25 Å². The number of aryl methyl sites for hydroxylation is 1. The van der Waals surface area contributed by atoms with Crippen LogP contribution < -0.4 is 5.32 Å². The van der Waals surface area contributed by atoms with Gasteiger partial charge in [0.15, 0.2) is 0 Å². The molecule has 0 spiro atoms. The molecule has 1 rings (SSSR count). The summed E-state index contributed by atoms with van der Waals surface area (Å²) in [6, 6.07) is 0. The van der Waals surface area contributed by atoms with E-state index in [-0.39, 0.29) is 6.61 Å². The maximum absolute atomic E-state index is 8.71. The van der Waals surface area contributed by atoms with Gasteiger partial charge in [0, 0.05) is 31.1 Å². The summed E-state index contributed by atoms with van der Waals surface area (Å²) in [7, 11) is 0. The lowest BCUT2D eigenvalue weighted by Gasteiger charge is -2.07. The third-order valence-electron chi connectivity index (χ3n) is 2.57. The molecular formula is C11H22N4OS. The van der Waals surface area contributed by atoms with Crippen molar-refractivity contribution < 1.29 is 5.11 Å². The third-order valence-corrected chi connectivity index (χ3v) is 3.61. The summed E-state index contributed by atoms with van der Waals surface area (Å²) in [5.41, 5.74) is 0.958. The van der Waals surface area contributed by atoms with Crippen LogP contribution in [0, 0.1) is 0 Å². The molecule has 0 aliphatic rings. The van der Waals surface area contributed by atoms with Crippen LogP contribution in [0.2, 0.25) is 0 Å². The minimum absolute atomic E-state index is 0.194. The summed E-state index contributed by atoms with van der Waals surface area (Å²) in [4.78, 5) is 0. The van der Waals surface area contributed by atoms with Gasteiger partial charge in [-0.3, -0.25) is 4.68 Å². The van der Waals surface area contributed by atoms with Crippen LogP contribution in [0.4, 0.5) is 0 Å². The van der Waals surface area contributed by atoms with E-state index in [1.165, 1.54) is 6.42 Å². The van der Waals surface area contributed by atoms with E-state index >= 15 is 0 Å². The normalized spacial score (nSPS) is 12.9. The summed E-state index contributed by atoms with van der Waals surface area (Å²) < 4.78 is 1.78. The van der Waals surface area contributed by atoms with Gasteiger partial charge in [-0.05, 0) is 25.6 Å². The molecule has 1 heterocycles. The van der Waals surface area contributed by atoms with Gasteiger partial charge in [-0.1, -0.05) is 12.1 Å². The summed E-state index contributed by atoms with van der Waals surface area (Å²) in [6.07, 6.45) is 5.96. The Kier molecular flexibility index (Phi) is 7.23. The zero-order valence-corrected chi connectivity index (χ0v) is 11.4. The zero-order valence-electron chi connectivity index (χ0n) is 10.6. The highest BCUT2D eigenvalue weighted by Crippen LogP contribution is 2.08. The van der Waals surface area contributed by atoms with E-state index in [2.05, 4.69) is 28.8 Å². The summed E-state index contributed by atoms with van der Waals surface area (Å²) in [6.45, 7) is 4.93. The number of aliphatic hydroxyl groups excluding tert-OH is 1. The predicted octanol–water partition coefficient (Wildman–Crippen LogP) is 0.892. The Balaban J connectivity index is 2.16. The molecular weight excluding hydrogens is 236 g/mol. The van der Waals surface area contributed by atoms with Crippen molar-refractivity contribution >= 4 is 11.8 Å². The van der Waals surface area contributed by atoms with Crippen LogP contribution in [0.15, 0.2) is 6.20 Å². The first-order chi connectivity index (χ1) is 8.26. The van der Waals surface area contributed by atoms with Crippen molar-refractivity contribution in [1.82, 2.24) is 20.3 Å². The van der Waals surface area contributed by atoms with Crippen molar-refractivity contribution in [2.45, 2.75) is 38.1 Å². The van der Waals surface area contributed by atoms with Crippen molar-refractivity contribution in [3.8, 4) is 0 Å². The lowest BCUT2D eigenvalue weighted by atomic mass is 10.3. The van der Waals surface area contributed by atoms with Gasteiger partial charge in [-0.25, -0.2) is 0 Å². The molecule has 1 aromatic rings. The molecule has 1 atom stereocenters. The second kappa shape index (κ2) is 8.49. The Morgan fingerprint density at radius 2 is 2.41 bits per heavy atom. The van der Waals surface area contributed by atoms with Crippen LogP contribution in [0.1, 0.15) is 25.5 Å². The van der Waals surface area contributed by atoms with E-state index in [0.717, 1.165) is 31.7 Å². The molecule has 0 aliphatic heterocycles. The van der Waals surface area contributed by atoms with Gasteiger partial charge < -0.3 is 10.4 Å². The Bertz CT molecular complexity index is 305. The Labute approximate surface area is 107 Å². The molecule has 0 bridgehead atoms. The number of nitrogens with one attached hydrogen (secondary N) is 1. The molecule has 6 heteroatoms. The number of rotatable bonds is 9. The Hall–Kier alpha value is -0.590. The van der Waals surface area contributed by atoms with E-state index in [9.17, 15) is 0 Å². The fraction of sp³-hybridized carbons (Fsp3) is 0.818. The average Bonchev–Trinajstić information content (AvgIpc) is 2.79. The second-order valence-corrected chi connectivity index (χ2v) is 5.34. The SMILES string of the molecule is CSC(C)CCNCc1cn(CCCO)nn1. The first-order valence-electron chi connectivity index (χ1n) is 5.99. The standard InChI is InChI=1S/C11H22N4OS/c1-10(17-2)4-5-12-8-11-9-15(14-13-11)6-3-7-16/h9-10,12,16H,3-8H2,1-2H3. The Morgan fingerprint density at radius 1 is 1.59 bits per heavy atom. The average molecular weight is 258 g/mol.